The van der Waals surface area contributed by atoms with Gasteiger partial charge in [-0.3, -0.25) is 4.79 Å². The fraction of sp³-hybridized carbons (Fsp3) is 0.462. The first-order valence-electron chi connectivity index (χ1n) is 6.23. The summed E-state index contributed by atoms with van der Waals surface area (Å²) in [6.45, 7) is 1.78. The molecule has 1 aromatic rings. The molecule has 1 aliphatic heterocycles. The van der Waals surface area contributed by atoms with Crippen LogP contribution in [0.4, 0.5) is 13.2 Å². The van der Waals surface area contributed by atoms with E-state index in [9.17, 15) is 18.0 Å². The molecule has 2 N–H and O–H groups in total. The molecule has 1 aromatic carbocycles. The Kier molecular flexibility index (Phi) is 4.49. The van der Waals surface area contributed by atoms with Gasteiger partial charge < -0.3 is 15.4 Å². The van der Waals surface area contributed by atoms with E-state index in [0.29, 0.717) is 12.5 Å². The van der Waals surface area contributed by atoms with E-state index in [-0.39, 0.29) is 5.75 Å². The number of carbonyl (C=O) groups is 1. The molecular weight excluding hydrogens is 273 g/mol. The minimum absolute atomic E-state index is 0.333. The Morgan fingerprint density at radius 1 is 1.35 bits per heavy atom. The van der Waals surface area contributed by atoms with Gasteiger partial charge in [-0.15, -0.1) is 0 Å². The molecule has 0 atom stereocenters. The number of amides is 1. The molecular formula is C13H15F3N2O2. The molecule has 0 radical (unpaired) electrons. The molecule has 20 heavy (non-hydrogen) atoms. The molecule has 1 fully saturated rings. The van der Waals surface area contributed by atoms with Crippen LogP contribution in [0.2, 0.25) is 0 Å². The summed E-state index contributed by atoms with van der Waals surface area (Å²) in [4.78, 5) is 11.5. The minimum Gasteiger partial charge on any atom is -0.483 e. The van der Waals surface area contributed by atoms with Crippen LogP contribution in [-0.4, -0.2) is 32.1 Å². The van der Waals surface area contributed by atoms with Crippen molar-refractivity contribution in [3.8, 4) is 5.75 Å². The summed E-state index contributed by atoms with van der Waals surface area (Å²) in [5.41, 5.74) is -0.879. The van der Waals surface area contributed by atoms with Gasteiger partial charge in [-0.2, -0.15) is 13.2 Å². The molecule has 1 heterocycles. The van der Waals surface area contributed by atoms with E-state index in [1.165, 1.54) is 18.2 Å². The first-order valence-corrected chi connectivity index (χ1v) is 6.23. The van der Waals surface area contributed by atoms with Crippen LogP contribution in [-0.2, 0) is 11.0 Å². The third-order valence-corrected chi connectivity index (χ3v) is 3.01. The molecule has 0 aromatic heterocycles. The highest BCUT2D eigenvalue weighted by atomic mass is 19.4. The van der Waals surface area contributed by atoms with Gasteiger partial charge in [0.2, 0.25) is 0 Å². The molecule has 2 rings (SSSR count). The third kappa shape index (κ3) is 3.86. The van der Waals surface area contributed by atoms with Crippen LogP contribution in [0.3, 0.4) is 0 Å². The zero-order valence-corrected chi connectivity index (χ0v) is 10.7. The first kappa shape index (κ1) is 14.6. The fourth-order valence-corrected chi connectivity index (χ4v) is 1.77. The van der Waals surface area contributed by atoms with Gasteiger partial charge in [-0.1, -0.05) is 12.1 Å². The number of para-hydroxylation sites is 1. The van der Waals surface area contributed by atoms with Crippen molar-refractivity contribution in [1.29, 1.82) is 0 Å². The van der Waals surface area contributed by atoms with Crippen molar-refractivity contribution in [2.24, 2.45) is 5.92 Å². The van der Waals surface area contributed by atoms with Crippen LogP contribution >= 0.6 is 0 Å². The maximum absolute atomic E-state index is 12.7. The molecule has 110 valence electrons. The average Bonchev–Trinajstić information content (AvgIpc) is 2.34. The van der Waals surface area contributed by atoms with Gasteiger partial charge in [-0.25, -0.2) is 0 Å². The van der Waals surface area contributed by atoms with Crippen molar-refractivity contribution < 1.29 is 22.7 Å². The first-order chi connectivity index (χ1) is 9.47. The highest BCUT2D eigenvalue weighted by Gasteiger charge is 2.34. The van der Waals surface area contributed by atoms with Gasteiger partial charge in [0, 0.05) is 25.6 Å². The van der Waals surface area contributed by atoms with Crippen molar-refractivity contribution in [1.82, 2.24) is 10.6 Å². The number of rotatable bonds is 5. The van der Waals surface area contributed by atoms with Crippen LogP contribution in [0.15, 0.2) is 24.3 Å². The Morgan fingerprint density at radius 3 is 2.65 bits per heavy atom. The summed E-state index contributed by atoms with van der Waals surface area (Å²) in [7, 11) is 0. The molecule has 7 heteroatoms. The highest BCUT2D eigenvalue weighted by molar-refractivity contribution is 5.77. The largest absolute Gasteiger partial charge is 0.483 e. The summed E-state index contributed by atoms with van der Waals surface area (Å²) in [5, 5.41) is 5.69. The minimum atomic E-state index is -4.50. The number of ether oxygens (including phenoxy) is 1. The lowest BCUT2D eigenvalue weighted by atomic mass is 10.0. The van der Waals surface area contributed by atoms with Crippen molar-refractivity contribution in [3.05, 3.63) is 29.8 Å². The lowest BCUT2D eigenvalue weighted by molar-refractivity contribution is -0.139. The van der Waals surface area contributed by atoms with Gasteiger partial charge in [0.25, 0.3) is 5.91 Å². The van der Waals surface area contributed by atoms with Gasteiger partial charge >= 0.3 is 6.18 Å². The molecule has 0 unspecified atom stereocenters. The number of nitrogens with one attached hydrogen (secondary N) is 2. The Morgan fingerprint density at radius 2 is 2.05 bits per heavy atom. The number of carbonyl (C=O) groups excluding carboxylic acids is 1. The number of hydrogen-bond donors (Lipinski definition) is 2. The molecule has 0 aliphatic carbocycles. The Labute approximate surface area is 114 Å². The van der Waals surface area contributed by atoms with Crippen molar-refractivity contribution in [2.45, 2.75) is 6.18 Å². The fourth-order valence-electron chi connectivity index (χ4n) is 1.77. The lowest BCUT2D eigenvalue weighted by Crippen LogP contribution is -2.48. The molecule has 1 saturated heterocycles. The zero-order valence-electron chi connectivity index (χ0n) is 10.7. The lowest BCUT2D eigenvalue weighted by Gasteiger charge is -2.27. The molecule has 1 amide bonds. The normalized spacial score (nSPS) is 15.6. The molecule has 0 saturated carbocycles. The number of halogens is 3. The number of benzene rings is 1. The van der Waals surface area contributed by atoms with Crippen LogP contribution in [0.1, 0.15) is 5.56 Å². The Balaban J connectivity index is 1.85. The second-order valence-electron chi connectivity index (χ2n) is 4.61. The maximum Gasteiger partial charge on any atom is 0.419 e. The van der Waals surface area contributed by atoms with Crippen LogP contribution in [0.5, 0.6) is 5.75 Å². The monoisotopic (exact) mass is 288 g/mol. The van der Waals surface area contributed by atoms with Crippen molar-refractivity contribution in [2.75, 3.05) is 26.2 Å². The summed E-state index contributed by atoms with van der Waals surface area (Å²) >= 11 is 0. The van der Waals surface area contributed by atoms with E-state index in [0.717, 1.165) is 19.2 Å². The number of hydrogen-bond acceptors (Lipinski definition) is 3. The van der Waals surface area contributed by atoms with Gasteiger partial charge in [0.1, 0.15) is 5.75 Å². The van der Waals surface area contributed by atoms with E-state index < -0.39 is 24.3 Å². The predicted octanol–water partition coefficient (Wildman–Crippen LogP) is 1.42. The third-order valence-electron chi connectivity index (χ3n) is 3.01. The quantitative estimate of drug-likeness (QED) is 0.861. The summed E-state index contributed by atoms with van der Waals surface area (Å²) in [5.74, 6) is -0.365. The van der Waals surface area contributed by atoms with E-state index in [4.69, 9.17) is 4.74 Å². The van der Waals surface area contributed by atoms with Crippen LogP contribution < -0.4 is 15.4 Å². The van der Waals surface area contributed by atoms with Crippen molar-refractivity contribution >= 4 is 5.91 Å². The average molecular weight is 288 g/mol. The van der Waals surface area contributed by atoms with E-state index in [2.05, 4.69) is 10.6 Å². The van der Waals surface area contributed by atoms with Gasteiger partial charge in [-0.05, 0) is 12.1 Å². The van der Waals surface area contributed by atoms with Crippen molar-refractivity contribution in [3.63, 3.8) is 0 Å². The molecule has 0 spiro atoms. The van der Waals surface area contributed by atoms with Crippen LogP contribution in [0, 0.1) is 5.92 Å². The van der Waals surface area contributed by atoms with E-state index >= 15 is 0 Å². The highest BCUT2D eigenvalue weighted by Crippen LogP contribution is 2.35. The maximum atomic E-state index is 12.7. The standard InChI is InChI=1S/C13H15F3N2O2/c14-13(15,16)10-3-1-2-4-11(10)20-8-12(19)18-7-9-5-17-6-9/h1-4,9,17H,5-8H2,(H,18,19). The predicted molar refractivity (Wildman–Crippen MR) is 66.3 cm³/mol. The topological polar surface area (TPSA) is 50.4 Å². The summed E-state index contributed by atoms with van der Waals surface area (Å²) < 4.78 is 43.0. The molecule has 0 bridgehead atoms. The SMILES string of the molecule is O=C(COc1ccccc1C(F)(F)F)NCC1CNC1. The van der Waals surface area contributed by atoms with Crippen LogP contribution in [0.25, 0.3) is 0 Å². The Bertz CT molecular complexity index is 473. The number of alkyl halides is 3. The molecule has 4 nitrogen and oxygen atoms in total. The van der Waals surface area contributed by atoms with E-state index in [1.54, 1.807) is 0 Å². The van der Waals surface area contributed by atoms with E-state index in [1.807, 2.05) is 0 Å². The van der Waals surface area contributed by atoms with Gasteiger partial charge in [0.05, 0.1) is 5.56 Å². The molecule has 1 aliphatic rings. The summed E-state index contributed by atoms with van der Waals surface area (Å²) in [6.07, 6.45) is -4.50. The van der Waals surface area contributed by atoms with Gasteiger partial charge in [0.15, 0.2) is 6.61 Å². The second kappa shape index (κ2) is 6.13. The second-order valence-corrected chi connectivity index (χ2v) is 4.61. The summed E-state index contributed by atoms with van der Waals surface area (Å²) in [6, 6.07) is 4.83. The Hall–Kier alpha value is -1.76. The smallest absolute Gasteiger partial charge is 0.419 e. The zero-order chi connectivity index (χ0) is 14.6.